The number of ether oxygens (including phenoxy) is 1. The first kappa shape index (κ1) is 22.4. The van der Waals surface area contributed by atoms with Crippen LogP contribution in [0.2, 0.25) is 0 Å². The fourth-order valence-corrected chi connectivity index (χ4v) is 3.99. The zero-order valence-electron chi connectivity index (χ0n) is 19.0. The van der Waals surface area contributed by atoms with Gasteiger partial charge in [0.1, 0.15) is 17.3 Å². The van der Waals surface area contributed by atoms with Gasteiger partial charge in [-0.25, -0.2) is 4.98 Å². The van der Waals surface area contributed by atoms with Crippen LogP contribution in [0.25, 0.3) is 33.3 Å². The average molecular weight is 438 g/mol. The molecule has 0 aliphatic heterocycles. The van der Waals surface area contributed by atoms with Crippen molar-refractivity contribution in [2.45, 2.75) is 32.6 Å². The summed E-state index contributed by atoms with van der Waals surface area (Å²) in [7, 11) is 1.67. The average Bonchev–Trinajstić information content (AvgIpc) is 2.87. The molecule has 4 heteroatoms. The molecule has 1 aromatic heterocycles. The number of carbonyl (C=O) groups is 2. The van der Waals surface area contributed by atoms with E-state index in [0.29, 0.717) is 25.7 Å². The second kappa shape index (κ2) is 10.2. The lowest BCUT2D eigenvalue weighted by Gasteiger charge is -2.14. The van der Waals surface area contributed by atoms with Crippen LogP contribution in [0.1, 0.15) is 31.7 Å². The molecule has 4 aromatic rings. The van der Waals surface area contributed by atoms with Gasteiger partial charge in [-0.1, -0.05) is 55.5 Å². The molecule has 4 nitrogen and oxygen atoms in total. The van der Waals surface area contributed by atoms with Crippen molar-refractivity contribution >= 4 is 22.5 Å². The number of ketones is 2. The van der Waals surface area contributed by atoms with Crippen LogP contribution < -0.4 is 4.74 Å². The molecular weight excluding hydrogens is 410 g/mol. The Labute approximate surface area is 194 Å². The number of aromatic nitrogens is 1. The summed E-state index contributed by atoms with van der Waals surface area (Å²) >= 11 is 0. The first-order valence-corrected chi connectivity index (χ1v) is 11.2. The normalized spacial score (nSPS) is 10.8. The molecular formula is C29H27NO3. The summed E-state index contributed by atoms with van der Waals surface area (Å²) in [6.45, 7) is 1.83. The van der Waals surface area contributed by atoms with Gasteiger partial charge < -0.3 is 4.74 Å². The number of benzene rings is 3. The van der Waals surface area contributed by atoms with Crippen molar-refractivity contribution < 1.29 is 14.3 Å². The molecule has 0 bridgehead atoms. The molecule has 3 aromatic carbocycles. The molecule has 4 rings (SSSR count). The monoisotopic (exact) mass is 437 g/mol. The molecule has 0 amide bonds. The smallest absolute Gasteiger partial charge is 0.137 e. The molecule has 0 saturated carbocycles. The molecule has 0 spiro atoms. The van der Waals surface area contributed by atoms with Gasteiger partial charge in [0.2, 0.25) is 0 Å². The standard InChI is InChI=1S/C29H27NO3/c1-3-23(31)14-15-24(32)18-20-13-16-27-22(17-20)19-26(21-9-5-4-6-10-21)29(30-27)25-11-7-8-12-28(25)33-2/h4-13,16-17,19H,3,14-15,18H2,1-2H3. The fraction of sp³-hybridized carbons (Fsp3) is 0.207. The zero-order chi connectivity index (χ0) is 23.2. The second-order valence-corrected chi connectivity index (χ2v) is 8.09. The van der Waals surface area contributed by atoms with Gasteiger partial charge in [-0.15, -0.1) is 0 Å². The lowest BCUT2D eigenvalue weighted by molar-refractivity contribution is -0.123. The molecule has 0 saturated heterocycles. The Kier molecular flexibility index (Phi) is 6.94. The van der Waals surface area contributed by atoms with Gasteiger partial charge >= 0.3 is 0 Å². The minimum Gasteiger partial charge on any atom is -0.496 e. The van der Waals surface area contributed by atoms with Crippen LogP contribution in [0.5, 0.6) is 5.75 Å². The predicted molar refractivity (Wildman–Crippen MR) is 132 cm³/mol. The van der Waals surface area contributed by atoms with E-state index < -0.39 is 0 Å². The molecule has 166 valence electrons. The lowest BCUT2D eigenvalue weighted by Crippen LogP contribution is -2.06. The summed E-state index contributed by atoms with van der Waals surface area (Å²) in [5.41, 5.74) is 5.64. The maximum absolute atomic E-state index is 12.4. The number of nitrogens with zero attached hydrogens (tertiary/aromatic N) is 1. The van der Waals surface area contributed by atoms with Crippen molar-refractivity contribution in [3.05, 3.63) is 84.4 Å². The Morgan fingerprint density at radius 3 is 2.30 bits per heavy atom. The third kappa shape index (κ3) is 5.17. The van der Waals surface area contributed by atoms with Gasteiger partial charge in [0, 0.05) is 42.2 Å². The summed E-state index contributed by atoms with van der Waals surface area (Å²) in [5.74, 6) is 0.978. The summed E-state index contributed by atoms with van der Waals surface area (Å²) < 4.78 is 5.61. The molecule has 33 heavy (non-hydrogen) atoms. The maximum atomic E-state index is 12.4. The minimum absolute atomic E-state index is 0.0815. The molecule has 0 atom stereocenters. The summed E-state index contributed by atoms with van der Waals surface area (Å²) in [6.07, 6.45) is 1.42. The van der Waals surface area contributed by atoms with Crippen LogP contribution in [0.3, 0.4) is 0 Å². The van der Waals surface area contributed by atoms with E-state index in [-0.39, 0.29) is 11.6 Å². The summed E-state index contributed by atoms with van der Waals surface area (Å²) in [5, 5.41) is 0.974. The predicted octanol–water partition coefficient (Wildman–Crippen LogP) is 6.45. The van der Waals surface area contributed by atoms with E-state index in [4.69, 9.17) is 9.72 Å². The van der Waals surface area contributed by atoms with Crippen LogP contribution in [0, 0.1) is 0 Å². The van der Waals surface area contributed by atoms with Gasteiger partial charge in [0.15, 0.2) is 0 Å². The number of Topliss-reactive ketones (excluding diaryl/α,β-unsaturated/α-hetero) is 2. The van der Waals surface area contributed by atoms with Gasteiger partial charge in [0.25, 0.3) is 0 Å². The Bertz CT molecular complexity index is 1300. The van der Waals surface area contributed by atoms with Crippen molar-refractivity contribution in [2.75, 3.05) is 7.11 Å². The van der Waals surface area contributed by atoms with E-state index in [1.54, 1.807) is 7.11 Å². The molecule has 0 N–H and O–H groups in total. The van der Waals surface area contributed by atoms with E-state index >= 15 is 0 Å². The number of hydrogen-bond acceptors (Lipinski definition) is 4. The van der Waals surface area contributed by atoms with Gasteiger partial charge in [-0.05, 0) is 41.5 Å². The highest BCUT2D eigenvalue weighted by Crippen LogP contribution is 2.37. The van der Waals surface area contributed by atoms with E-state index in [0.717, 1.165) is 44.6 Å². The summed E-state index contributed by atoms with van der Waals surface area (Å²) in [4.78, 5) is 28.9. The van der Waals surface area contributed by atoms with Gasteiger partial charge in [-0.3, -0.25) is 9.59 Å². The number of para-hydroxylation sites is 1. The molecule has 0 unspecified atom stereocenters. The van der Waals surface area contributed by atoms with Crippen molar-refractivity contribution in [1.29, 1.82) is 0 Å². The highest BCUT2D eigenvalue weighted by molar-refractivity contribution is 5.94. The van der Waals surface area contributed by atoms with E-state index in [2.05, 4.69) is 18.2 Å². The number of hydrogen-bond donors (Lipinski definition) is 0. The Morgan fingerprint density at radius 1 is 0.818 bits per heavy atom. The number of methoxy groups -OCH3 is 1. The third-order valence-corrected chi connectivity index (χ3v) is 5.80. The Hall–Kier alpha value is -3.79. The van der Waals surface area contributed by atoms with E-state index in [1.165, 1.54) is 0 Å². The first-order valence-electron chi connectivity index (χ1n) is 11.2. The first-order chi connectivity index (χ1) is 16.1. The van der Waals surface area contributed by atoms with Crippen LogP contribution in [-0.2, 0) is 16.0 Å². The number of fused-ring (bicyclic) bond motifs is 1. The third-order valence-electron chi connectivity index (χ3n) is 5.80. The van der Waals surface area contributed by atoms with Crippen molar-refractivity contribution in [1.82, 2.24) is 4.98 Å². The van der Waals surface area contributed by atoms with Crippen LogP contribution in [0.4, 0.5) is 0 Å². The van der Waals surface area contributed by atoms with Crippen molar-refractivity contribution in [2.24, 2.45) is 0 Å². The van der Waals surface area contributed by atoms with Gasteiger partial charge in [-0.2, -0.15) is 0 Å². The SMILES string of the molecule is CCC(=O)CCC(=O)Cc1ccc2nc(-c3ccccc3OC)c(-c3ccccc3)cc2c1. The lowest BCUT2D eigenvalue weighted by atomic mass is 9.95. The number of carbonyl (C=O) groups excluding carboxylic acids is 2. The quantitative estimate of drug-likeness (QED) is 0.302. The van der Waals surface area contributed by atoms with Crippen LogP contribution in [0.15, 0.2) is 78.9 Å². The maximum Gasteiger partial charge on any atom is 0.137 e. The Morgan fingerprint density at radius 2 is 1.55 bits per heavy atom. The van der Waals surface area contributed by atoms with Crippen LogP contribution in [-0.4, -0.2) is 23.7 Å². The molecule has 0 aliphatic rings. The van der Waals surface area contributed by atoms with Crippen molar-refractivity contribution in [3.8, 4) is 28.1 Å². The summed E-state index contributed by atoms with van der Waals surface area (Å²) in [6, 6.07) is 26.1. The van der Waals surface area contributed by atoms with Crippen LogP contribution >= 0.6 is 0 Å². The van der Waals surface area contributed by atoms with Gasteiger partial charge in [0.05, 0.1) is 18.3 Å². The molecule has 0 radical (unpaired) electrons. The van der Waals surface area contributed by atoms with Crippen molar-refractivity contribution in [3.63, 3.8) is 0 Å². The topological polar surface area (TPSA) is 56.3 Å². The molecule has 0 aliphatic carbocycles. The minimum atomic E-state index is 0.0815. The fourth-order valence-electron chi connectivity index (χ4n) is 3.99. The second-order valence-electron chi connectivity index (χ2n) is 8.09. The largest absolute Gasteiger partial charge is 0.496 e. The van der Waals surface area contributed by atoms with E-state index in [1.807, 2.05) is 67.6 Å². The number of pyridine rings is 1. The zero-order valence-corrected chi connectivity index (χ0v) is 19.0. The number of rotatable bonds is 9. The molecule has 0 fully saturated rings. The highest BCUT2D eigenvalue weighted by Gasteiger charge is 2.15. The highest BCUT2D eigenvalue weighted by atomic mass is 16.5. The molecule has 1 heterocycles. The van der Waals surface area contributed by atoms with E-state index in [9.17, 15) is 9.59 Å². The Balaban J connectivity index is 1.76.